The van der Waals surface area contributed by atoms with E-state index in [1.807, 2.05) is 0 Å². The van der Waals surface area contributed by atoms with Gasteiger partial charge in [0.25, 0.3) is 0 Å². The smallest absolute Gasteiger partial charge is 0.0543 e. The van der Waals surface area contributed by atoms with Crippen molar-refractivity contribution in [2.75, 3.05) is 9.80 Å². The summed E-state index contributed by atoms with van der Waals surface area (Å²) in [6.07, 6.45) is 0. The van der Waals surface area contributed by atoms with Crippen LogP contribution in [0.5, 0.6) is 0 Å². The van der Waals surface area contributed by atoms with Crippen molar-refractivity contribution in [1.29, 1.82) is 0 Å². The molecule has 0 unspecified atom stereocenters. The van der Waals surface area contributed by atoms with E-state index in [2.05, 4.69) is 323 Å². The summed E-state index contributed by atoms with van der Waals surface area (Å²) in [5.41, 5.74) is 23.9. The van der Waals surface area contributed by atoms with Gasteiger partial charge in [0.15, 0.2) is 0 Å². The summed E-state index contributed by atoms with van der Waals surface area (Å²) in [5, 5.41) is 7.68. The van der Waals surface area contributed by atoms with Crippen LogP contribution in [0.1, 0.15) is 114 Å². The zero-order valence-electron chi connectivity index (χ0n) is 50.0. The lowest BCUT2D eigenvalue weighted by Crippen LogP contribution is -2.21. The molecule has 0 amide bonds. The van der Waals surface area contributed by atoms with Crippen molar-refractivity contribution in [3.05, 3.63) is 264 Å². The summed E-state index contributed by atoms with van der Waals surface area (Å²) < 4.78 is 0. The molecule has 0 saturated carbocycles. The van der Waals surface area contributed by atoms with Crippen molar-refractivity contribution < 1.29 is 0 Å². The Kier molecular flexibility index (Phi) is 14.0. The Morgan fingerprint density at radius 2 is 0.549 bits per heavy atom. The first-order valence-corrected chi connectivity index (χ1v) is 29.5. The Balaban J connectivity index is 1.23. The minimum absolute atomic E-state index is 0.192. The number of anilines is 6. The predicted molar refractivity (Wildman–Crippen MR) is 356 cm³/mol. The van der Waals surface area contributed by atoms with Gasteiger partial charge in [-0.25, -0.2) is 0 Å². The molecule has 2 heteroatoms. The molecule has 0 saturated heterocycles. The molecule has 12 aromatic carbocycles. The molecule has 0 bridgehead atoms. The van der Waals surface area contributed by atoms with Crippen LogP contribution in [0.4, 0.5) is 34.1 Å². The molecule has 406 valence electrons. The van der Waals surface area contributed by atoms with E-state index >= 15 is 0 Å². The monoisotopic (exact) mass is 1060 g/mol. The third kappa shape index (κ3) is 9.83. The van der Waals surface area contributed by atoms with E-state index in [1.165, 1.54) is 144 Å². The maximum Gasteiger partial charge on any atom is 0.0543 e. The Bertz CT molecular complexity index is 4010. The molecule has 0 spiro atoms. The molecule has 0 aliphatic heterocycles. The van der Waals surface area contributed by atoms with Crippen molar-refractivity contribution in [3.63, 3.8) is 0 Å². The summed E-state index contributed by atoms with van der Waals surface area (Å²) >= 11 is 0. The van der Waals surface area contributed by atoms with Crippen molar-refractivity contribution in [1.82, 2.24) is 0 Å². The first-order valence-electron chi connectivity index (χ1n) is 29.5. The summed E-state index contributed by atoms with van der Waals surface area (Å²) in [5.74, 6) is 0.442. The highest BCUT2D eigenvalue weighted by molar-refractivity contribution is 6.29. The van der Waals surface area contributed by atoms with E-state index in [1.54, 1.807) is 0 Å². The molecule has 0 fully saturated rings. The van der Waals surface area contributed by atoms with Gasteiger partial charge in [0.05, 0.1) is 22.7 Å². The van der Waals surface area contributed by atoms with Crippen molar-refractivity contribution in [3.8, 4) is 44.5 Å². The fourth-order valence-corrected chi connectivity index (χ4v) is 12.8. The molecule has 82 heavy (non-hydrogen) atoms. The van der Waals surface area contributed by atoms with E-state index in [4.69, 9.17) is 0 Å². The lowest BCUT2D eigenvalue weighted by atomic mass is 9.82. The third-order valence-corrected chi connectivity index (χ3v) is 17.1. The molecule has 12 rings (SSSR count). The molecule has 0 N–H and O–H groups in total. The van der Waals surface area contributed by atoms with Crippen LogP contribution in [0.15, 0.2) is 231 Å². The first kappa shape index (κ1) is 53.9. The second-order valence-electron chi connectivity index (χ2n) is 25.5. The molecule has 12 aromatic rings. The molecule has 0 aliphatic rings. The maximum atomic E-state index is 2.65. The van der Waals surface area contributed by atoms with Crippen LogP contribution in [0.25, 0.3) is 76.8 Å². The van der Waals surface area contributed by atoms with E-state index < -0.39 is 0 Å². The number of rotatable bonds is 12. The Morgan fingerprint density at radius 1 is 0.268 bits per heavy atom. The second-order valence-corrected chi connectivity index (χ2v) is 25.5. The number of hydrogen-bond acceptors (Lipinski definition) is 2. The molecule has 2 nitrogen and oxygen atoms in total. The lowest BCUT2D eigenvalue weighted by molar-refractivity contribution is 0.591. The van der Waals surface area contributed by atoms with E-state index in [0.29, 0.717) is 0 Å². The van der Waals surface area contributed by atoms with E-state index in [-0.39, 0.29) is 22.7 Å². The predicted octanol–water partition coefficient (Wildman–Crippen LogP) is 23.7. The SMILES string of the molecule is Cc1ccc(-c2ccccc2)cc1N(c1cc(-c2ccccc2)ccc1C(C)(C)C)c1cc(C(C)C)c2ccc3c(N(c4cc(-c5ccccc5)ccc4C)c4cc(-c5ccccc5)ccc4C(C)(C)C)cc(C(C)C)c4ccc1c2c43. The van der Waals surface area contributed by atoms with Gasteiger partial charge in [-0.1, -0.05) is 263 Å². The van der Waals surface area contributed by atoms with Crippen molar-refractivity contribution >= 4 is 66.4 Å². The van der Waals surface area contributed by atoms with Gasteiger partial charge in [0, 0.05) is 22.1 Å². The van der Waals surface area contributed by atoms with Crippen LogP contribution >= 0.6 is 0 Å². The normalized spacial score (nSPS) is 12.1. The zero-order chi connectivity index (χ0) is 57.2. The van der Waals surface area contributed by atoms with E-state index in [9.17, 15) is 0 Å². The molecule has 0 radical (unpaired) electrons. The fourth-order valence-electron chi connectivity index (χ4n) is 12.8. The average Bonchev–Trinajstić information content (AvgIpc) is 3.62. The van der Waals surface area contributed by atoms with Crippen LogP contribution in [0, 0.1) is 13.8 Å². The summed E-state index contributed by atoms with van der Waals surface area (Å²) in [6, 6.07) is 86.9. The second kappa shape index (κ2) is 21.3. The van der Waals surface area contributed by atoms with Gasteiger partial charge in [-0.15, -0.1) is 0 Å². The highest BCUT2D eigenvalue weighted by Gasteiger charge is 2.32. The highest BCUT2D eigenvalue weighted by Crippen LogP contribution is 2.54. The number of aryl methyl sites for hydroxylation is 2. The lowest BCUT2D eigenvalue weighted by Gasteiger charge is -2.36. The number of nitrogens with zero attached hydrogens (tertiary/aromatic N) is 2. The summed E-state index contributed by atoms with van der Waals surface area (Å²) in [7, 11) is 0. The van der Waals surface area contributed by atoms with Crippen LogP contribution in [0.3, 0.4) is 0 Å². The largest absolute Gasteiger partial charge is 0.309 e. The quantitative estimate of drug-likeness (QED) is 0.113. The highest BCUT2D eigenvalue weighted by atomic mass is 15.2. The topological polar surface area (TPSA) is 6.48 Å². The molecule has 0 aliphatic carbocycles. The summed E-state index contributed by atoms with van der Waals surface area (Å²) in [6.45, 7) is 28.3. The van der Waals surface area contributed by atoms with Crippen molar-refractivity contribution in [2.24, 2.45) is 0 Å². The Labute approximate surface area is 487 Å². The van der Waals surface area contributed by atoms with Gasteiger partial charge in [0.2, 0.25) is 0 Å². The average molecular weight is 1070 g/mol. The Morgan fingerprint density at radius 3 is 0.841 bits per heavy atom. The van der Waals surface area contributed by atoms with Crippen LogP contribution in [-0.4, -0.2) is 0 Å². The van der Waals surface area contributed by atoms with E-state index in [0.717, 1.165) is 0 Å². The first-order chi connectivity index (χ1) is 39.4. The number of hydrogen-bond donors (Lipinski definition) is 0. The van der Waals surface area contributed by atoms with Crippen molar-refractivity contribution in [2.45, 2.75) is 106 Å². The molecule has 0 atom stereocenters. The minimum atomic E-state index is -0.192. The van der Waals surface area contributed by atoms with Gasteiger partial charge in [0.1, 0.15) is 0 Å². The van der Waals surface area contributed by atoms with Crippen LogP contribution in [-0.2, 0) is 10.8 Å². The summed E-state index contributed by atoms with van der Waals surface area (Å²) in [4.78, 5) is 5.29. The minimum Gasteiger partial charge on any atom is -0.309 e. The fraction of sp³-hybridized carbons (Fsp3) is 0.200. The van der Waals surface area contributed by atoms with Gasteiger partial charge in [-0.05, 0) is 172 Å². The standard InChI is InChI=1S/C80H76N2/c1-51(2)67-49-73(81(71-45-59(35-33-53(71)5)55-25-17-13-18-26-55)75-47-61(57-29-21-15-22-30-57)37-43-69(75)79(7,8)9)65-42-40-64-68(52(3)4)50-74(66-41-39-63(67)77(65)78(64)66)82(72-46-60(36-34-54(72)6)56-27-19-14-20-28-56)76-48-62(58-31-23-16-24-32-58)38-44-70(76)80(10,11)12/h13-52H,1-12H3. The molecular weight excluding hydrogens is 989 g/mol. The van der Waals surface area contributed by atoms with Crippen LogP contribution in [0.2, 0.25) is 0 Å². The maximum absolute atomic E-state index is 2.65. The zero-order valence-corrected chi connectivity index (χ0v) is 50.0. The van der Waals surface area contributed by atoms with Gasteiger partial charge >= 0.3 is 0 Å². The van der Waals surface area contributed by atoms with Gasteiger partial charge in [-0.3, -0.25) is 0 Å². The Hall–Kier alpha value is -8.72. The molecular formula is C80H76N2. The third-order valence-electron chi connectivity index (χ3n) is 17.1. The molecule has 0 aromatic heterocycles. The van der Waals surface area contributed by atoms with Crippen LogP contribution < -0.4 is 9.80 Å². The number of benzene rings is 12. The van der Waals surface area contributed by atoms with Gasteiger partial charge < -0.3 is 9.80 Å². The van der Waals surface area contributed by atoms with Gasteiger partial charge in [-0.2, -0.15) is 0 Å². The molecule has 0 heterocycles.